The van der Waals surface area contributed by atoms with E-state index < -0.39 is 0 Å². The molecule has 0 radical (unpaired) electrons. The van der Waals surface area contributed by atoms with Gasteiger partial charge in [0.25, 0.3) is 5.91 Å². The fraction of sp³-hybridized carbons (Fsp3) is 0.214. The lowest BCUT2D eigenvalue weighted by molar-refractivity contribution is 0.0952. The van der Waals surface area contributed by atoms with Gasteiger partial charge in [-0.1, -0.05) is 6.07 Å². The third kappa shape index (κ3) is 3.58. The smallest absolute Gasteiger partial charge is 0.253 e. The summed E-state index contributed by atoms with van der Waals surface area (Å²) in [5.41, 5.74) is 2.65. The summed E-state index contributed by atoms with van der Waals surface area (Å²) in [6, 6.07) is 7.77. The van der Waals surface area contributed by atoms with Gasteiger partial charge in [0.15, 0.2) is 0 Å². The van der Waals surface area contributed by atoms with Crippen molar-refractivity contribution in [2.24, 2.45) is 0 Å². The van der Waals surface area contributed by atoms with Crippen LogP contribution in [0.3, 0.4) is 0 Å². The average Bonchev–Trinajstić information content (AvgIpc) is 2.81. The van der Waals surface area contributed by atoms with Crippen LogP contribution in [0.15, 0.2) is 34.1 Å². The minimum absolute atomic E-state index is 0.0612. The van der Waals surface area contributed by atoms with Crippen LogP contribution in [0.2, 0.25) is 0 Å². The molecule has 0 fully saturated rings. The number of halogens is 1. The number of anilines is 1. The molecule has 0 aliphatic carbocycles. The highest BCUT2D eigenvalue weighted by Gasteiger charge is 2.10. The molecule has 5 heteroatoms. The Hall–Kier alpha value is -1.33. The fourth-order valence-corrected chi connectivity index (χ4v) is 3.16. The molecule has 1 aromatic carbocycles. The van der Waals surface area contributed by atoms with Crippen LogP contribution in [-0.4, -0.2) is 13.0 Å². The third-order valence-electron chi connectivity index (χ3n) is 2.73. The first-order chi connectivity index (χ1) is 9.10. The molecule has 2 N–H and O–H groups in total. The Labute approximate surface area is 125 Å². The van der Waals surface area contributed by atoms with E-state index in [9.17, 15) is 4.79 Å². The lowest BCUT2D eigenvalue weighted by Gasteiger charge is -2.10. The SMILES string of the molecule is CNc1cc(C)ccc1C(=O)NCc1cc(Br)cs1. The predicted molar refractivity (Wildman–Crippen MR) is 83.9 cm³/mol. The molecule has 3 nitrogen and oxygen atoms in total. The van der Waals surface area contributed by atoms with Crippen molar-refractivity contribution in [1.82, 2.24) is 5.32 Å². The Kier molecular flexibility index (Phi) is 4.61. The third-order valence-corrected chi connectivity index (χ3v) is 4.43. The van der Waals surface area contributed by atoms with Gasteiger partial charge in [0.1, 0.15) is 0 Å². The number of carbonyl (C=O) groups excluding carboxylic acids is 1. The maximum Gasteiger partial charge on any atom is 0.253 e. The number of rotatable bonds is 4. The molecule has 0 saturated carbocycles. The Morgan fingerprint density at radius 3 is 2.79 bits per heavy atom. The Bertz CT molecular complexity index is 595. The van der Waals surface area contributed by atoms with Gasteiger partial charge in [0.2, 0.25) is 0 Å². The highest BCUT2D eigenvalue weighted by Crippen LogP contribution is 2.20. The molecular weight excluding hydrogens is 324 g/mol. The zero-order valence-electron chi connectivity index (χ0n) is 10.8. The predicted octanol–water partition coefficient (Wildman–Crippen LogP) is 3.79. The second-order valence-electron chi connectivity index (χ2n) is 4.21. The van der Waals surface area contributed by atoms with Crippen LogP contribution in [0.1, 0.15) is 20.8 Å². The number of amides is 1. The molecular formula is C14H15BrN2OS. The van der Waals surface area contributed by atoms with Gasteiger partial charge in [0, 0.05) is 27.5 Å². The van der Waals surface area contributed by atoms with Crippen molar-refractivity contribution in [2.75, 3.05) is 12.4 Å². The molecule has 0 atom stereocenters. The zero-order valence-corrected chi connectivity index (χ0v) is 13.2. The first-order valence-corrected chi connectivity index (χ1v) is 7.57. The first kappa shape index (κ1) is 14.1. The van der Waals surface area contributed by atoms with E-state index in [1.807, 2.05) is 43.6 Å². The van der Waals surface area contributed by atoms with Gasteiger partial charge in [-0.05, 0) is 46.6 Å². The van der Waals surface area contributed by atoms with Gasteiger partial charge in [-0.3, -0.25) is 4.79 Å². The van der Waals surface area contributed by atoms with Crippen LogP contribution in [0.5, 0.6) is 0 Å². The van der Waals surface area contributed by atoms with Crippen molar-refractivity contribution in [1.29, 1.82) is 0 Å². The van der Waals surface area contributed by atoms with Gasteiger partial charge >= 0.3 is 0 Å². The molecule has 2 aromatic rings. The molecule has 1 amide bonds. The lowest BCUT2D eigenvalue weighted by atomic mass is 10.1. The van der Waals surface area contributed by atoms with Crippen molar-refractivity contribution >= 4 is 38.9 Å². The van der Waals surface area contributed by atoms with Crippen molar-refractivity contribution < 1.29 is 4.79 Å². The van der Waals surface area contributed by atoms with Crippen LogP contribution in [0.4, 0.5) is 5.69 Å². The summed E-state index contributed by atoms with van der Waals surface area (Å²) >= 11 is 5.02. The van der Waals surface area contributed by atoms with Crippen molar-refractivity contribution in [2.45, 2.75) is 13.5 Å². The van der Waals surface area contributed by atoms with E-state index >= 15 is 0 Å². The molecule has 0 saturated heterocycles. The van der Waals surface area contributed by atoms with Crippen molar-refractivity contribution in [3.63, 3.8) is 0 Å². The second-order valence-corrected chi connectivity index (χ2v) is 6.12. The lowest BCUT2D eigenvalue weighted by Crippen LogP contribution is -2.23. The minimum Gasteiger partial charge on any atom is -0.387 e. The monoisotopic (exact) mass is 338 g/mol. The normalized spacial score (nSPS) is 10.3. The van der Waals surface area contributed by atoms with E-state index in [0.717, 1.165) is 20.6 Å². The summed E-state index contributed by atoms with van der Waals surface area (Å²) < 4.78 is 1.05. The molecule has 1 aromatic heterocycles. The van der Waals surface area contributed by atoms with Crippen molar-refractivity contribution in [3.05, 3.63) is 50.1 Å². The maximum atomic E-state index is 12.2. The van der Waals surface area contributed by atoms with E-state index in [0.29, 0.717) is 12.1 Å². The van der Waals surface area contributed by atoms with Crippen molar-refractivity contribution in [3.8, 4) is 0 Å². The van der Waals surface area contributed by atoms with Gasteiger partial charge in [-0.15, -0.1) is 11.3 Å². The summed E-state index contributed by atoms with van der Waals surface area (Å²) in [6.07, 6.45) is 0. The summed E-state index contributed by atoms with van der Waals surface area (Å²) in [5.74, 6) is -0.0612. The van der Waals surface area contributed by atoms with Crippen LogP contribution in [0, 0.1) is 6.92 Å². The van der Waals surface area contributed by atoms with E-state index in [4.69, 9.17) is 0 Å². The number of hydrogen-bond acceptors (Lipinski definition) is 3. The van der Waals surface area contributed by atoms with Crippen LogP contribution >= 0.6 is 27.3 Å². The number of hydrogen-bond donors (Lipinski definition) is 2. The van der Waals surface area contributed by atoms with Gasteiger partial charge in [-0.25, -0.2) is 0 Å². The van der Waals surface area contributed by atoms with E-state index in [-0.39, 0.29) is 5.91 Å². The number of benzene rings is 1. The molecule has 1 heterocycles. The Morgan fingerprint density at radius 1 is 1.37 bits per heavy atom. The highest BCUT2D eigenvalue weighted by atomic mass is 79.9. The molecule has 2 rings (SSSR count). The molecule has 0 spiro atoms. The number of aryl methyl sites for hydroxylation is 1. The topological polar surface area (TPSA) is 41.1 Å². The van der Waals surface area contributed by atoms with Gasteiger partial charge < -0.3 is 10.6 Å². The van der Waals surface area contributed by atoms with E-state index in [1.54, 1.807) is 11.3 Å². The van der Waals surface area contributed by atoms with Crippen LogP contribution in [0.25, 0.3) is 0 Å². The molecule has 0 unspecified atom stereocenters. The fourth-order valence-electron chi connectivity index (χ4n) is 1.77. The van der Waals surface area contributed by atoms with Crippen LogP contribution < -0.4 is 10.6 Å². The highest BCUT2D eigenvalue weighted by molar-refractivity contribution is 9.10. The second kappa shape index (κ2) is 6.21. The Morgan fingerprint density at radius 2 is 2.16 bits per heavy atom. The summed E-state index contributed by atoms with van der Waals surface area (Å²) in [5, 5.41) is 7.99. The quantitative estimate of drug-likeness (QED) is 0.890. The van der Waals surface area contributed by atoms with Crippen LogP contribution in [-0.2, 0) is 6.54 Å². The minimum atomic E-state index is -0.0612. The maximum absolute atomic E-state index is 12.2. The number of carbonyl (C=O) groups is 1. The average molecular weight is 339 g/mol. The molecule has 0 aliphatic rings. The molecule has 0 bridgehead atoms. The zero-order chi connectivity index (χ0) is 13.8. The van der Waals surface area contributed by atoms with E-state index in [1.165, 1.54) is 0 Å². The Balaban J connectivity index is 2.07. The van der Waals surface area contributed by atoms with Gasteiger partial charge in [-0.2, -0.15) is 0 Å². The first-order valence-electron chi connectivity index (χ1n) is 5.89. The largest absolute Gasteiger partial charge is 0.387 e. The van der Waals surface area contributed by atoms with E-state index in [2.05, 4.69) is 26.6 Å². The summed E-state index contributed by atoms with van der Waals surface area (Å²) in [4.78, 5) is 13.3. The standard InChI is InChI=1S/C14H15BrN2OS/c1-9-3-4-12(13(5-9)16-2)14(18)17-7-11-6-10(15)8-19-11/h3-6,8,16H,7H2,1-2H3,(H,17,18). The molecule has 0 aliphatic heterocycles. The number of thiophene rings is 1. The summed E-state index contributed by atoms with van der Waals surface area (Å²) in [7, 11) is 1.82. The summed E-state index contributed by atoms with van der Waals surface area (Å²) in [6.45, 7) is 2.55. The molecule has 100 valence electrons. The van der Waals surface area contributed by atoms with Gasteiger partial charge in [0.05, 0.1) is 12.1 Å². The molecule has 19 heavy (non-hydrogen) atoms. The number of nitrogens with one attached hydrogen (secondary N) is 2.